The van der Waals surface area contributed by atoms with Crippen LogP contribution in [-0.4, -0.2) is 0 Å². The van der Waals surface area contributed by atoms with Crippen LogP contribution in [0.15, 0.2) is 78.9 Å². The highest BCUT2D eigenvalue weighted by molar-refractivity contribution is 6.17. The molecule has 0 saturated carbocycles. The first-order valence-corrected chi connectivity index (χ1v) is 9.29. The Morgan fingerprint density at radius 1 is 0.462 bits per heavy atom. The Morgan fingerprint density at radius 2 is 1.00 bits per heavy atom. The van der Waals surface area contributed by atoms with Gasteiger partial charge < -0.3 is 0 Å². The van der Waals surface area contributed by atoms with Crippen molar-refractivity contribution in [3.05, 3.63) is 84.4 Å². The molecule has 0 atom stereocenters. The van der Waals surface area contributed by atoms with Crippen LogP contribution in [0.5, 0.6) is 0 Å². The number of hydrogen-bond donors (Lipinski definition) is 0. The highest BCUT2D eigenvalue weighted by Crippen LogP contribution is 2.35. The number of rotatable bonds is 0. The van der Waals surface area contributed by atoms with Gasteiger partial charge in [0.15, 0.2) is 0 Å². The van der Waals surface area contributed by atoms with Crippen LogP contribution in [0.3, 0.4) is 0 Å². The topological polar surface area (TPSA) is 0 Å². The molecule has 0 aliphatic rings. The molecule has 0 nitrogen and oxygen atoms in total. The van der Waals surface area contributed by atoms with E-state index in [-0.39, 0.29) is 5.41 Å². The second kappa shape index (κ2) is 5.32. The van der Waals surface area contributed by atoms with Crippen molar-refractivity contribution in [3.63, 3.8) is 0 Å². The summed E-state index contributed by atoms with van der Waals surface area (Å²) in [7, 11) is 0. The molecule has 5 aromatic carbocycles. The van der Waals surface area contributed by atoms with Crippen LogP contribution in [0.4, 0.5) is 0 Å². The molecule has 5 rings (SSSR count). The summed E-state index contributed by atoms with van der Waals surface area (Å²) in [6.45, 7) is 6.84. The Bertz CT molecular complexity index is 1300. The standard InChI is InChI=1S/C26H22/c1-26(2,3)21-13-12-18-9-11-20-14-19-10-8-17-6-4-5-7-22(17)24(19)16-25(20)23(18)15-21/h4-16H,1-3H3. The number of fused-ring (bicyclic) bond motifs is 6. The molecule has 0 heteroatoms. The molecule has 0 saturated heterocycles. The largest absolute Gasteiger partial charge is 0.0616 e. The van der Waals surface area contributed by atoms with Crippen molar-refractivity contribution in [1.82, 2.24) is 0 Å². The quantitative estimate of drug-likeness (QED) is 0.202. The van der Waals surface area contributed by atoms with Crippen molar-refractivity contribution in [3.8, 4) is 0 Å². The first-order chi connectivity index (χ1) is 12.5. The van der Waals surface area contributed by atoms with Crippen LogP contribution in [0.1, 0.15) is 26.3 Å². The van der Waals surface area contributed by atoms with Crippen molar-refractivity contribution in [2.75, 3.05) is 0 Å². The molecule has 0 bridgehead atoms. The van der Waals surface area contributed by atoms with Gasteiger partial charge in [-0.3, -0.25) is 0 Å². The summed E-state index contributed by atoms with van der Waals surface area (Å²) in [6, 6.07) is 29.3. The minimum absolute atomic E-state index is 0.153. The molecule has 0 spiro atoms. The fourth-order valence-corrected chi connectivity index (χ4v) is 4.02. The molecule has 26 heavy (non-hydrogen) atoms. The molecule has 0 radical (unpaired) electrons. The van der Waals surface area contributed by atoms with Crippen molar-refractivity contribution < 1.29 is 0 Å². The molecular formula is C26H22. The minimum atomic E-state index is 0.153. The Hall–Kier alpha value is -2.86. The van der Waals surface area contributed by atoms with E-state index >= 15 is 0 Å². The van der Waals surface area contributed by atoms with Gasteiger partial charge in [-0.1, -0.05) is 87.5 Å². The summed E-state index contributed by atoms with van der Waals surface area (Å²) in [6.07, 6.45) is 0. The van der Waals surface area contributed by atoms with Gasteiger partial charge in [-0.2, -0.15) is 0 Å². The van der Waals surface area contributed by atoms with Gasteiger partial charge >= 0.3 is 0 Å². The van der Waals surface area contributed by atoms with Gasteiger partial charge in [-0.25, -0.2) is 0 Å². The molecule has 0 N–H and O–H groups in total. The third-order valence-electron chi connectivity index (χ3n) is 5.57. The van der Waals surface area contributed by atoms with E-state index in [9.17, 15) is 0 Å². The van der Waals surface area contributed by atoms with E-state index in [1.807, 2.05) is 0 Å². The molecule has 0 aromatic heterocycles. The minimum Gasteiger partial charge on any atom is -0.0616 e. The van der Waals surface area contributed by atoms with E-state index < -0.39 is 0 Å². The normalized spacial score (nSPS) is 12.4. The third-order valence-corrected chi connectivity index (χ3v) is 5.57. The zero-order valence-corrected chi connectivity index (χ0v) is 15.5. The molecule has 5 aromatic rings. The van der Waals surface area contributed by atoms with E-state index in [1.165, 1.54) is 48.7 Å². The predicted molar refractivity (Wildman–Crippen MR) is 115 cm³/mol. The first kappa shape index (κ1) is 15.4. The summed E-state index contributed by atoms with van der Waals surface area (Å²) in [5.74, 6) is 0. The monoisotopic (exact) mass is 334 g/mol. The van der Waals surface area contributed by atoms with Gasteiger partial charge in [0.05, 0.1) is 0 Å². The van der Waals surface area contributed by atoms with Crippen molar-refractivity contribution in [2.45, 2.75) is 26.2 Å². The molecular weight excluding hydrogens is 312 g/mol. The molecule has 0 unspecified atom stereocenters. The van der Waals surface area contributed by atoms with Gasteiger partial charge in [0.25, 0.3) is 0 Å². The Labute approximate surface area is 154 Å². The van der Waals surface area contributed by atoms with Crippen molar-refractivity contribution >= 4 is 43.1 Å². The highest BCUT2D eigenvalue weighted by atomic mass is 14.2. The zero-order valence-electron chi connectivity index (χ0n) is 15.5. The van der Waals surface area contributed by atoms with Crippen LogP contribution in [-0.2, 0) is 5.41 Å². The van der Waals surface area contributed by atoms with Crippen molar-refractivity contribution in [2.24, 2.45) is 0 Å². The lowest BCUT2D eigenvalue weighted by atomic mass is 9.85. The SMILES string of the molecule is CC(C)(C)c1ccc2ccc3cc4ccc5ccccc5c4cc3c2c1. The van der Waals surface area contributed by atoms with Crippen LogP contribution >= 0.6 is 0 Å². The van der Waals surface area contributed by atoms with Crippen LogP contribution in [0, 0.1) is 0 Å². The maximum atomic E-state index is 2.39. The van der Waals surface area contributed by atoms with Crippen LogP contribution in [0.25, 0.3) is 43.1 Å². The summed E-state index contributed by atoms with van der Waals surface area (Å²) < 4.78 is 0. The average molecular weight is 334 g/mol. The Morgan fingerprint density at radius 3 is 1.73 bits per heavy atom. The second-order valence-electron chi connectivity index (χ2n) is 8.33. The summed E-state index contributed by atoms with van der Waals surface area (Å²) in [5.41, 5.74) is 1.54. The molecule has 0 aliphatic heterocycles. The van der Waals surface area contributed by atoms with E-state index in [4.69, 9.17) is 0 Å². The maximum absolute atomic E-state index is 2.39. The van der Waals surface area contributed by atoms with E-state index in [2.05, 4.69) is 99.6 Å². The lowest BCUT2D eigenvalue weighted by Gasteiger charge is -2.20. The smallest absolute Gasteiger partial charge is 0.00987 e. The van der Waals surface area contributed by atoms with Crippen LogP contribution < -0.4 is 0 Å². The average Bonchev–Trinajstić information content (AvgIpc) is 2.65. The van der Waals surface area contributed by atoms with Gasteiger partial charge in [0.1, 0.15) is 0 Å². The summed E-state index contributed by atoms with van der Waals surface area (Å²) >= 11 is 0. The van der Waals surface area contributed by atoms with E-state index in [0.717, 1.165) is 0 Å². The first-order valence-electron chi connectivity index (χ1n) is 9.29. The second-order valence-corrected chi connectivity index (χ2v) is 8.33. The van der Waals surface area contributed by atoms with Gasteiger partial charge in [0, 0.05) is 0 Å². The summed E-state index contributed by atoms with van der Waals surface area (Å²) in [5, 5.41) is 10.6. The molecule has 0 heterocycles. The fraction of sp³-hybridized carbons (Fsp3) is 0.154. The van der Waals surface area contributed by atoms with Gasteiger partial charge in [-0.15, -0.1) is 0 Å². The maximum Gasteiger partial charge on any atom is -0.00987 e. The van der Waals surface area contributed by atoms with E-state index in [0.29, 0.717) is 0 Å². The highest BCUT2D eigenvalue weighted by Gasteiger charge is 2.14. The number of benzene rings is 5. The van der Waals surface area contributed by atoms with Gasteiger partial charge in [0.2, 0.25) is 0 Å². The lowest BCUT2D eigenvalue weighted by Crippen LogP contribution is -2.10. The number of hydrogen-bond acceptors (Lipinski definition) is 0. The zero-order chi connectivity index (χ0) is 17.9. The van der Waals surface area contributed by atoms with E-state index in [1.54, 1.807) is 0 Å². The predicted octanol–water partition coefficient (Wildman–Crippen LogP) is 7.60. The Balaban J connectivity index is 1.95. The van der Waals surface area contributed by atoms with Crippen LogP contribution in [0.2, 0.25) is 0 Å². The molecule has 0 fully saturated rings. The van der Waals surface area contributed by atoms with Crippen molar-refractivity contribution in [1.29, 1.82) is 0 Å². The third kappa shape index (κ3) is 2.29. The summed E-state index contributed by atoms with van der Waals surface area (Å²) in [4.78, 5) is 0. The lowest BCUT2D eigenvalue weighted by molar-refractivity contribution is 0.591. The molecule has 0 aliphatic carbocycles. The molecule has 0 amide bonds. The van der Waals surface area contributed by atoms with Gasteiger partial charge in [-0.05, 0) is 66.2 Å². The molecule has 126 valence electrons. The fourth-order valence-electron chi connectivity index (χ4n) is 4.02. The Kier molecular flexibility index (Phi) is 3.15.